The molecule has 0 saturated carbocycles. The van der Waals surface area contributed by atoms with E-state index in [4.69, 9.17) is 0 Å². The Kier molecular flexibility index (Phi) is 3.66. The Morgan fingerprint density at radius 2 is 1.44 bits per heavy atom. The van der Waals surface area contributed by atoms with Gasteiger partial charge >= 0.3 is 12.4 Å². The topological polar surface area (TPSA) is 43.1 Å². The predicted octanol–water partition coefficient (Wildman–Crippen LogP) is 3.59. The summed E-state index contributed by atoms with van der Waals surface area (Å²) < 4.78 is 74.1. The molecule has 0 radical (unpaired) electrons. The maximum Gasteiger partial charge on any atom is 0.417 e. The number of benzene rings is 1. The molecule has 0 bridgehead atoms. The largest absolute Gasteiger partial charge is 0.417 e. The highest BCUT2D eigenvalue weighted by atomic mass is 79.9. The zero-order valence-electron chi connectivity index (χ0n) is 8.29. The van der Waals surface area contributed by atoms with Gasteiger partial charge in [-0.25, -0.2) is 0 Å². The van der Waals surface area contributed by atoms with Crippen LogP contribution in [0.3, 0.4) is 0 Å². The van der Waals surface area contributed by atoms with E-state index in [-0.39, 0.29) is 12.1 Å². The van der Waals surface area contributed by atoms with Gasteiger partial charge in [0.2, 0.25) is 5.91 Å². The summed E-state index contributed by atoms with van der Waals surface area (Å²) in [7, 11) is 0. The van der Waals surface area contributed by atoms with Crippen molar-refractivity contribution in [3.63, 3.8) is 0 Å². The van der Waals surface area contributed by atoms with E-state index in [0.717, 1.165) is 0 Å². The number of hydrogen-bond donors (Lipinski definition) is 1. The SMILES string of the molecule is NC(=O)c1cc(C(F)(F)F)c(Br)cc1C(F)(F)F. The van der Waals surface area contributed by atoms with E-state index in [9.17, 15) is 31.1 Å². The van der Waals surface area contributed by atoms with Crippen LogP contribution in [-0.4, -0.2) is 5.91 Å². The zero-order chi connectivity index (χ0) is 14.3. The van der Waals surface area contributed by atoms with E-state index in [0.29, 0.717) is 0 Å². The second-order valence-corrected chi connectivity index (χ2v) is 4.09. The molecule has 2 nitrogen and oxygen atoms in total. The number of alkyl halides is 6. The Balaban J connectivity index is 3.60. The summed E-state index contributed by atoms with van der Waals surface area (Å²) in [6.45, 7) is 0. The van der Waals surface area contributed by atoms with Crippen molar-refractivity contribution in [1.82, 2.24) is 0 Å². The van der Waals surface area contributed by atoms with Gasteiger partial charge in [-0.3, -0.25) is 4.79 Å². The van der Waals surface area contributed by atoms with Crippen LogP contribution in [0.1, 0.15) is 21.5 Å². The van der Waals surface area contributed by atoms with Crippen LogP contribution in [0.5, 0.6) is 0 Å². The molecule has 0 aliphatic heterocycles. The molecule has 9 heteroatoms. The highest BCUT2D eigenvalue weighted by Crippen LogP contribution is 2.40. The van der Waals surface area contributed by atoms with Gasteiger partial charge in [-0.15, -0.1) is 0 Å². The summed E-state index contributed by atoms with van der Waals surface area (Å²) in [6, 6.07) is 0.262. The van der Waals surface area contributed by atoms with Gasteiger partial charge in [0, 0.05) is 4.47 Å². The fraction of sp³-hybridized carbons (Fsp3) is 0.222. The fourth-order valence-corrected chi connectivity index (χ4v) is 1.80. The minimum atomic E-state index is -4.98. The minimum absolute atomic E-state index is 0.0786. The molecule has 0 heterocycles. The molecule has 0 aliphatic carbocycles. The van der Waals surface area contributed by atoms with Crippen LogP contribution in [0, 0.1) is 0 Å². The molecular formula is C9H4BrF6NO. The Hall–Kier alpha value is -1.25. The Bertz CT molecular complexity index is 493. The third-order valence-corrected chi connectivity index (χ3v) is 2.64. The first-order valence-corrected chi connectivity index (χ1v) is 5.01. The molecule has 1 amide bonds. The molecule has 0 fully saturated rings. The minimum Gasteiger partial charge on any atom is -0.366 e. The lowest BCUT2D eigenvalue weighted by Gasteiger charge is -2.15. The average Bonchev–Trinajstić information content (AvgIpc) is 2.13. The first-order valence-electron chi connectivity index (χ1n) is 4.22. The first kappa shape index (κ1) is 14.8. The van der Waals surface area contributed by atoms with E-state index in [1.54, 1.807) is 0 Å². The Morgan fingerprint density at radius 1 is 1.00 bits per heavy atom. The molecule has 1 rings (SSSR count). The first-order chi connectivity index (χ1) is 7.94. The molecule has 0 atom stereocenters. The van der Waals surface area contributed by atoms with Crippen LogP contribution in [0.25, 0.3) is 0 Å². The van der Waals surface area contributed by atoms with E-state index in [1.807, 2.05) is 0 Å². The second-order valence-electron chi connectivity index (χ2n) is 3.24. The molecule has 2 N–H and O–H groups in total. The van der Waals surface area contributed by atoms with Gasteiger partial charge in [-0.2, -0.15) is 26.3 Å². The van der Waals surface area contributed by atoms with Crippen molar-refractivity contribution in [3.05, 3.63) is 33.3 Å². The molecule has 0 aromatic heterocycles. The lowest BCUT2D eigenvalue weighted by atomic mass is 10.0. The van der Waals surface area contributed by atoms with Crippen LogP contribution < -0.4 is 5.73 Å². The summed E-state index contributed by atoms with van der Waals surface area (Å²) in [5.41, 5.74) is 0.510. The van der Waals surface area contributed by atoms with Gasteiger partial charge in [0.05, 0.1) is 16.7 Å². The van der Waals surface area contributed by atoms with Gasteiger partial charge in [-0.1, -0.05) is 15.9 Å². The van der Waals surface area contributed by atoms with Crippen molar-refractivity contribution in [3.8, 4) is 0 Å². The van der Waals surface area contributed by atoms with Gasteiger partial charge in [0.25, 0.3) is 0 Å². The van der Waals surface area contributed by atoms with E-state index in [2.05, 4.69) is 21.7 Å². The highest BCUT2D eigenvalue weighted by Gasteiger charge is 2.40. The number of nitrogens with two attached hydrogens (primary N) is 1. The van der Waals surface area contributed by atoms with E-state index < -0.39 is 39.4 Å². The molecule has 100 valence electrons. The van der Waals surface area contributed by atoms with Crippen molar-refractivity contribution >= 4 is 21.8 Å². The lowest BCUT2D eigenvalue weighted by molar-refractivity contribution is -0.142. The van der Waals surface area contributed by atoms with E-state index >= 15 is 0 Å². The summed E-state index contributed by atoms with van der Waals surface area (Å²) in [5, 5.41) is 0. The fourth-order valence-electron chi connectivity index (χ4n) is 1.23. The molecule has 1 aromatic rings. The van der Waals surface area contributed by atoms with Crippen LogP contribution in [0.4, 0.5) is 26.3 Å². The number of rotatable bonds is 1. The summed E-state index contributed by atoms with van der Waals surface area (Å²) in [4.78, 5) is 10.8. The van der Waals surface area contributed by atoms with Crippen molar-refractivity contribution in [2.24, 2.45) is 5.73 Å². The Labute approximate surface area is 105 Å². The molecule has 0 saturated heterocycles. The summed E-state index contributed by atoms with van der Waals surface area (Å²) in [6.07, 6.45) is -9.87. The molecule has 0 aliphatic rings. The monoisotopic (exact) mass is 335 g/mol. The summed E-state index contributed by atoms with van der Waals surface area (Å²) >= 11 is 2.39. The van der Waals surface area contributed by atoms with Crippen LogP contribution in [0.15, 0.2) is 16.6 Å². The maximum atomic E-state index is 12.5. The van der Waals surface area contributed by atoms with Crippen LogP contribution in [0.2, 0.25) is 0 Å². The van der Waals surface area contributed by atoms with Crippen molar-refractivity contribution in [2.45, 2.75) is 12.4 Å². The molecule has 0 unspecified atom stereocenters. The third-order valence-electron chi connectivity index (χ3n) is 1.98. The quantitative estimate of drug-likeness (QED) is 0.783. The zero-order valence-corrected chi connectivity index (χ0v) is 9.87. The third kappa shape index (κ3) is 2.95. The molecule has 1 aromatic carbocycles. The van der Waals surface area contributed by atoms with Gasteiger partial charge < -0.3 is 5.73 Å². The number of hydrogen-bond acceptors (Lipinski definition) is 1. The van der Waals surface area contributed by atoms with Gasteiger partial charge in [0.15, 0.2) is 0 Å². The smallest absolute Gasteiger partial charge is 0.366 e. The summed E-state index contributed by atoms with van der Waals surface area (Å²) in [5.74, 6) is -1.58. The second kappa shape index (κ2) is 4.45. The molecular weight excluding hydrogens is 332 g/mol. The molecule has 0 spiro atoms. The number of halogens is 7. The number of carbonyl (C=O) groups excluding carboxylic acids is 1. The highest BCUT2D eigenvalue weighted by molar-refractivity contribution is 9.10. The number of primary amides is 1. The van der Waals surface area contributed by atoms with E-state index in [1.165, 1.54) is 0 Å². The average molecular weight is 336 g/mol. The predicted molar refractivity (Wildman–Crippen MR) is 52.7 cm³/mol. The lowest BCUT2D eigenvalue weighted by Crippen LogP contribution is -2.21. The van der Waals surface area contributed by atoms with Crippen molar-refractivity contribution in [2.75, 3.05) is 0 Å². The van der Waals surface area contributed by atoms with Crippen LogP contribution in [-0.2, 0) is 12.4 Å². The Morgan fingerprint density at radius 3 is 1.78 bits per heavy atom. The number of amides is 1. The van der Waals surface area contributed by atoms with Gasteiger partial charge in [-0.05, 0) is 12.1 Å². The van der Waals surface area contributed by atoms with Gasteiger partial charge in [0.1, 0.15) is 0 Å². The van der Waals surface area contributed by atoms with Crippen molar-refractivity contribution in [1.29, 1.82) is 0 Å². The normalized spacial score (nSPS) is 12.6. The number of carbonyl (C=O) groups is 1. The standard InChI is InChI=1S/C9H4BrF6NO/c10-6-2-4(8(11,12)13)3(7(17)18)1-5(6)9(14,15)16/h1-2H,(H2,17,18). The maximum absolute atomic E-state index is 12.5. The van der Waals surface area contributed by atoms with Crippen molar-refractivity contribution < 1.29 is 31.1 Å². The van der Waals surface area contributed by atoms with Crippen LogP contribution >= 0.6 is 15.9 Å². The molecule has 18 heavy (non-hydrogen) atoms.